The number of hydrogen-bond donors (Lipinski definition) is 2. The van der Waals surface area contributed by atoms with Crippen molar-refractivity contribution in [1.82, 2.24) is 14.9 Å². The number of likely N-dealkylation sites (N-methyl/N-ethyl adjacent to an activating group) is 1. The standard InChI is InChI=1S/C16H27N3O3S.ClH/c1-4-12-19(13-5-2)23(21,22)15-8-6-14(7-9-15)16(20)18-11-10-17-3;/h6-9,17H,4-5,10-13H2,1-3H3,(H,18,20);1H. The van der Waals surface area contributed by atoms with Crippen LogP contribution in [0.15, 0.2) is 29.2 Å². The highest BCUT2D eigenvalue weighted by Crippen LogP contribution is 2.17. The molecule has 1 amide bonds. The monoisotopic (exact) mass is 377 g/mol. The fourth-order valence-corrected chi connectivity index (χ4v) is 3.81. The Morgan fingerprint density at radius 3 is 2.04 bits per heavy atom. The Morgan fingerprint density at radius 2 is 1.58 bits per heavy atom. The number of rotatable bonds is 10. The number of halogens is 1. The predicted octanol–water partition coefficient (Wildman–Crippen LogP) is 1.87. The molecule has 0 aliphatic rings. The Bertz CT molecular complexity index is 585. The molecule has 0 radical (unpaired) electrons. The summed E-state index contributed by atoms with van der Waals surface area (Å²) < 4.78 is 26.7. The van der Waals surface area contributed by atoms with Gasteiger partial charge in [0.15, 0.2) is 0 Å². The van der Waals surface area contributed by atoms with Crippen LogP contribution in [0.25, 0.3) is 0 Å². The van der Waals surface area contributed by atoms with Gasteiger partial charge in [-0.3, -0.25) is 4.79 Å². The summed E-state index contributed by atoms with van der Waals surface area (Å²) in [6, 6.07) is 6.11. The summed E-state index contributed by atoms with van der Waals surface area (Å²) in [5, 5.41) is 5.70. The van der Waals surface area contributed by atoms with Crippen LogP contribution in [0.3, 0.4) is 0 Å². The average Bonchev–Trinajstić information content (AvgIpc) is 2.55. The van der Waals surface area contributed by atoms with Crippen molar-refractivity contribution in [2.75, 3.05) is 33.2 Å². The van der Waals surface area contributed by atoms with Crippen molar-refractivity contribution in [2.45, 2.75) is 31.6 Å². The smallest absolute Gasteiger partial charge is 0.251 e. The topological polar surface area (TPSA) is 78.5 Å². The van der Waals surface area contributed by atoms with Crippen LogP contribution < -0.4 is 10.6 Å². The average molecular weight is 378 g/mol. The molecule has 6 nitrogen and oxygen atoms in total. The number of sulfonamides is 1. The Kier molecular flexibility index (Phi) is 10.9. The zero-order chi connectivity index (χ0) is 17.3. The second-order valence-corrected chi connectivity index (χ2v) is 7.23. The number of hydrogen-bond acceptors (Lipinski definition) is 4. The maximum absolute atomic E-state index is 12.6. The van der Waals surface area contributed by atoms with E-state index in [0.29, 0.717) is 31.7 Å². The van der Waals surface area contributed by atoms with Crippen molar-refractivity contribution in [3.05, 3.63) is 29.8 Å². The fraction of sp³-hybridized carbons (Fsp3) is 0.562. The van der Waals surface area contributed by atoms with E-state index in [0.717, 1.165) is 12.8 Å². The summed E-state index contributed by atoms with van der Waals surface area (Å²) >= 11 is 0. The van der Waals surface area contributed by atoms with Crippen LogP contribution in [0, 0.1) is 0 Å². The molecule has 0 saturated carbocycles. The molecule has 2 N–H and O–H groups in total. The van der Waals surface area contributed by atoms with E-state index < -0.39 is 10.0 Å². The maximum atomic E-state index is 12.6. The minimum Gasteiger partial charge on any atom is -0.351 e. The molecular formula is C16H28ClN3O3S. The lowest BCUT2D eigenvalue weighted by molar-refractivity contribution is 0.0954. The van der Waals surface area contributed by atoms with E-state index in [2.05, 4.69) is 10.6 Å². The summed E-state index contributed by atoms with van der Waals surface area (Å²) in [4.78, 5) is 12.1. The number of benzene rings is 1. The molecule has 0 aromatic heterocycles. The van der Waals surface area contributed by atoms with Crippen molar-refractivity contribution < 1.29 is 13.2 Å². The molecule has 0 atom stereocenters. The summed E-state index contributed by atoms with van der Waals surface area (Å²) in [5.74, 6) is -0.205. The van der Waals surface area contributed by atoms with Crippen LogP contribution >= 0.6 is 12.4 Å². The lowest BCUT2D eigenvalue weighted by Gasteiger charge is -2.21. The highest BCUT2D eigenvalue weighted by atomic mass is 35.5. The number of nitrogens with one attached hydrogen (secondary N) is 2. The minimum absolute atomic E-state index is 0. The van der Waals surface area contributed by atoms with E-state index in [1.165, 1.54) is 16.4 Å². The quantitative estimate of drug-likeness (QED) is 0.610. The minimum atomic E-state index is -3.50. The molecule has 0 fully saturated rings. The van der Waals surface area contributed by atoms with Gasteiger partial charge in [0.2, 0.25) is 10.0 Å². The molecule has 0 unspecified atom stereocenters. The second-order valence-electron chi connectivity index (χ2n) is 5.29. The van der Waals surface area contributed by atoms with Gasteiger partial charge in [0.25, 0.3) is 5.91 Å². The van der Waals surface area contributed by atoms with Crippen molar-refractivity contribution in [2.24, 2.45) is 0 Å². The van der Waals surface area contributed by atoms with Crippen LogP contribution in [-0.2, 0) is 10.0 Å². The maximum Gasteiger partial charge on any atom is 0.251 e. The van der Waals surface area contributed by atoms with Crippen LogP contribution in [0.4, 0.5) is 0 Å². The van der Waals surface area contributed by atoms with Crippen molar-refractivity contribution in [3.8, 4) is 0 Å². The largest absolute Gasteiger partial charge is 0.351 e. The summed E-state index contributed by atoms with van der Waals surface area (Å²) in [5.41, 5.74) is 0.456. The highest BCUT2D eigenvalue weighted by molar-refractivity contribution is 7.89. The summed E-state index contributed by atoms with van der Waals surface area (Å²) in [6.45, 7) is 6.12. The molecule has 8 heteroatoms. The number of nitrogens with zero attached hydrogens (tertiary/aromatic N) is 1. The molecular weight excluding hydrogens is 350 g/mol. The first-order valence-electron chi connectivity index (χ1n) is 8.00. The van der Waals surface area contributed by atoms with E-state index in [4.69, 9.17) is 0 Å². The molecule has 1 aromatic carbocycles. The SMILES string of the molecule is CCCN(CCC)S(=O)(=O)c1ccc(C(=O)NCCNC)cc1.Cl. The van der Waals surface area contributed by atoms with Crippen LogP contribution in [-0.4, -0.2) is 51.9 Å². The zero-order valence-electron chi connectivity index (χ0n) is 14.5. The molecule has 1 rings (SSSR count). The van der Waals surface area contributed by atoms with Gasteiger partial charge in [-0.05, 0) is 44.2 Å². The Labute approximate surface area is 151 Å². The van der Waals surface area contributed by atoms with Crippen LogP contribution in [0.5, 0.6) is 0 Å². The van der Waals surface area contributed by atoms with Crippen molar-refractivity contribution >= 4 is 28.3 Å². The van der Waals surface area contributed by atoms with E-state index in [-0.39, 0.29) is 23.2 Å². The summed E-state index contributed by atoms with van der Waals surface area (Å²) in [6.07, 6.45) is 1.54. The van der Waals surface area contributed by atoms with Crippen molar-refractivity contribution in [1.29, 1.82) is 0 Å². The zero-order valence-corrected chi connectivity index (χ0v) is 16.2. The molecule has 0 aliphatic carbocycles. The highest BCUT2D eigenvalue weighted by Gasteiger charge is 2.23. The van der Waals surface area contributed by atoms with E-state index >= 15 is 0 Å². The first-order valence-corrected chi connectivity index (χ1v) is 9.44. The third kappa shape index (κ3) is 6.39. The molecule has 138 valence electrons. The van der Waals surface area contributed by atoms with Crippen LogP contribution in [0.2, 0.25) is 0 Å². The number of carbonyl (C=O) groups excluding carboxylic acids is 1. The third-order valence-electron chi connectivity index (χ3n) is 3.36. The van der Waals surface area contributed by atoms with Gasteiger partial charge >= 0.3 is 0 Å². The van der Waals surface area contributed by atoms with Gasteiger partial charge in [-0.2, -0.15) is 4.31 Å². The van der Waals surface area contributed by atoms with Gasteiger partial charge < -0.3 is 10.6 Å². The predicted molar refractivity (Wildman–Crippen MR) is 99.3 cm³/mol. The van der Waals surface area contributed by atoms with E-state index in [1.807, 2.05) is 20.9 Å². The first-order chi connectivity index (χ1) is 11.0. The normalized spacial score (nSPS) is 11.2. The molecule has 0 bridgehead atoms. The Balaban J connectivity index is 0.00000529. The van der Waals surface area contributed by atoms with E-state index in [9.17, 15) is 13.2 Å². The molecule has 0 saturated heterocycles. The third-order valence-corrected chi connectivity index (χ3v) is 5.27. The first kappa shape index (κ1) is 22.9. The molecule has 24 heavy (non-hydrogen) atoms. The lowest BCUT2D eigenvalue weighted by atomic mass is 10.2. The Morgan fingerprint density at radius 1 is 1.04 bits per heavy atom. The van der Waals surface area contributed by atoms with E-state index in [1.54, 1.807) is 12.1 Å². The molecule has 1 aromatic rings. The van der Waals surface area contributed by atoms with Gasteiger partial charge in [0, 0.05) is 31.7 Å². The molecule has 0 spiro atoms. The summed E-state index contributed by atoms with van der Waals surface area (Å²) in [7, 11) is -1.69. The molecule has 0 aliphatic heterocycles. The van der Waals surface area contributed by atoms with Gasteiger partial charge in [-0.15, -0.1) is 12.4 Å². The van der Waals surface area contributed by atoms with Gasteiger partial charge in [-0.1, -0.05) is 13.8 Å². The number of carbonyl (C=O) groups is 1. The van der Waals surface area contributed by atoms with Gasteiger partial charge in [0.05, 0.1) is 4.90 Å². The number of amides is 1. The Hall–Kier alpha value is -1.15. The van der Waals surface area contributed by atoms with Gasteiger partial charge in [0.1, 0.15) is 0 Å². The lowest BCUT2D eigenvalue weighted by Crippen LogP contribution is -2.32. The van der Waals surface area contributed by atoms with Gasteiger partial charge in [-0.25, -0.2) is 8.42 Å². The van der Waals surface area contributed by atoms with Crippen molar-refractivity contribution in [3.63, 3.8) is 0 Å². The fourth-order valence-electron chi connectivity index (χ4n) is 2.18. The second kappa shape index (κ2) is 11.4. The van der Waals surface area contributed by atoms with Crippen LogP contribution in [0.1, 0.15) is 37.0 Å². The molecule has 0 heterocycles.